The van der Waals surface area contributed by atoms with Gasteiger partial charge in [0.15, 0.2) is 0 Å². The van der Waals surface area contributed by atoms with Gasteiger partial charge in [-0.15, -0.1) is 0 Å². The molecule has 0 saturated heterocycles. The minimum atomic E-state index is -0.619. The van der Waals surface area contributed by atoms with E-state index in [0.717, 1.165) is 24.0 Å². The highest BCUT2D eigenvalue weighted by Gasteiger charge is 2.22. The summed E-state index contributed by atoms with van der Waals surface area (Å²) >= 11 is 0. The number of hydrogen-bond donors (Lipinski definition) is 1. The monoisotopic (exact) mass is 285 g/mol. The minimum Gasteiger partial charge on any atom is -0.508 e. The summed E-state index contributed by atoms with van der Waals surface area (Å²) < 4.78 is 4.96. The van der Waals surface area contributed by atoms with Crippen LogP contribution in [-0.4, -0.2) is 16.8 Å². The maximum absolute atomic E-state index is 11.7. The van der Waals surface area contributed by atoms with Gasteiger partial charge in [-0.2, -0.15) is 0 Å². The fraction of sp³-hybridized carbons (Fsp3) is 0.250. The molecule has 2 aromatic rings. The summed E-state index contributed by atoms with van der Waals surface area (Å²) in [7, 11) is 0. The lowest BCUT2D eigenvalue weighted by molar-refractivity contribution is 0.0478. The molecule has 1 aromatic heterocycles. The van der Waals surface area contributed by atoms with Crippen molar-refractivity contribution in [3.05, 3.63) is 53.5 Å². The second kappa shape index (κ2) is 5.44. The predicted molar refractivity (Wildman–Crippen MR) is 76.3 cm³/mol. The Morgan fingerprint density at radius 1 is 1.38 bits per heavy atom. The van der Waals surface area contributed by atoms with E-state index in [4.69, 9.17) is 9.25 Å². The smallest absolute Gasteiger partial charge is 0.400 e. The third-order valence-corrected chi connectivity index (χ3v) is 3.47. The first-order valence-corrected chi connectivity index (χ1v) is 6.77. The van der Waals surface area contributed by atoms with Crippen LogP contribution >= 0.6 is 0 Å². The molecule has 1 aliphatic carbocycles. The molecule has 0 bridgehead atoms. The number of benzene rings is 1. The molecule has 0 unspecified atom stereocenters. The van der Waals surface area contributed by atoms with Gasteiger partial charge in [-0.25, -0.2) is 4.79 Å². The van der Waals surface area contributed by atoms with Gasteiger partial charge >= 0.3 is 5.97 Å². The molecule has 5 heteroatoms. The van der Waals surface area contributed by atoms with Gasteiger partial charge in [0.25, 0.3) is 0 Å². The van der Waals surface area contributed by atoms with E-state index in [1.165, 1.54) is 12.3 Å². The Kier molecular flexibility index (Phi) is 3.48. The first-order chi connectivity index (χ1) is 10.1. The average Bonchev–Trinajstić information content (AvgIpc) is 2.97. The van der Waals surface area contributed by atoms with Crippen LogP contribution < -0.4 is 0 Å². The Hall–Kier alpha value is -2.56. The van der Waals surface area contributed by atoms with Crippen molar-refractivity contribution in [1.82, 2.24) is 0 Å². The number of oxime groups is 1. The van der Waals surface area contributed by atoms with Crippen molar-refractivity contribution < 1.29 is 19.2 Å². The number of rotatable bonds is 2. The zero-order valence-electron chi connectivity index (χ0n) is 11.6. The number of carbonyl (C=O) groups is 1. The molecule has 0 aliphatic heterocycles. The van der Waals surface area contributed by atoms with Gasteiger partial charge in [-0.1, -0.05) is 12.1 Å². The van der Waals surface area contributed by atoms with Crippen LogP contribution in [-0.2, 0) is 11.3 Å². The molecule has 0 saturated carbocycles. The Bertz CT molecular complexity index is 688. The van der Waals surface area contributed by atoms with Crippen LogP contribution in [0.3, 0.4) is 0 Å². The van der Waals surface area contributed by atoms with Crippen LogP contribution in [0.2, 0.25) is 0 Å². The van der Waals surface area contributed by atoms with Gasteiger partial charge in [0.05, 0.1) is 12.0 Å². The topological polar surface area (TPSA) is 72.0 Å². The van der Waals surface area contributed by atoms with Gasteiger partial charge in [-0.3, -0.25) is 0 Å². The average molecular weight is 285 g/mol. The zero-order valence-corrected chi connectivity index (χ0v) is 11.6. The van der Waals surface area contributed by atoms with Crippen LogP contribution in [0.25, 0.3) is 0 Å². The van der Waals surface area contributed by atoms with Crippen LogP contribution in [0.1, 0.15) is 35.0 Å². The fourth-order valence-corrected chi connectivity index (χ4v) is 2.54. The number of carbonyl (C=O) groups excluding carboxylic acids is 1. The molecule has 3 rings (SSSR count). The summed E-state index contributed by atoms with van der Waals surface area (Å²) in [6.45, 7) is 2.09. The van der Waals surface area contributed by atoms with E-state index < -0.39 is 5.97 Å². The van der Waals surface area contributed by atoms with Crippen molar-refractivity contribution in [2.24, 2.45) is 11.1 Å². The first-order valence-electron chi connectivity index (χ1n) is 6.77. The molecule has 0 fully saturated rings. The molecule has 0 amide bonds. The van der Waals surface area contributed by atoms with E-state index in [-0.39, 0.29) is 11.5 Å². The van der Waals surface area contributed by atoms with E-state index >= 15 is 0 Å². The summed E-state index contributed by atoms with van der Waals surface area (Å²) in [5, 5.41) is 13.6. The summed E-state index contributed by atoms with van der Waals surface area (Å²) in [5.41, 5.74) is 2.64. The quantitative estimate of drug-likeness (QED) is 0.679. The lowest BCUT2D eigenvalue weighted by Crippen LogP contribution is -2.19. The molecule has 108 valence electrons. The number of nitrogens with zero attached hydrogens (tertiary/aromatic N) is 1. The van der Waals surface area contributed by atoms with Crippen molar-refractivity contribution in [3.8, 4) is 5.75 Å². The summed E-state index contributed by atoms with van der Waals surface area (Å²) in [6.07, 6.45) is 3.00. The standard InChI is InChI=1S/C16H15NO4/c1-10-7-11-9-12(18)4-5-13(11)14(8-10)17-21-16(19)15-3-2-6-20-15/h2-6,9-10,18H,7-8H2,1H3/b17-14-/t10-/m0/s1. The Balaban J connectivity index is 1.85. The molecule has 1 aliphatic rings. The van der Waals surface area contributed by atoms with Gasteiger partial charge < -0.3 is 14.4 Å². The highest BCUT2D eigenvalue weighted by molar-refractivity contribution is 6.03. The normalized spacial score (nSPS) is 19.3. The Labute approximate surface area is 121 Å². The van der Waals surface area contributed by atoms with Gasteiger partial charge in [-0.05, 0) is 54.7 Å². The highest BCUT2D eigenvalue weighted by Crippen LogP contribution is 2.28. The van der Waals surface area contributed by atoms with E-state index in [0.29, 0.717) is 11.6 Å². The van der Waals surface area contributed by atoms with Gasteiger partial charge in [0.2, 0.25) is 5.76 Å². The van der Waals surface area contributed by atoms with Crippen LogP contribution in [0.15, 0.2) is 46.2 Å². The molecular weight excluding hydrogens is 270 g/mol. The van der Waals surface area contributed by atoms with Gasteiger partial charge in [0, 0.05) is 5.56 Å². The molecule has 1 heterocycles. The van der Waals surface area contributed by atoms with Crippen molar-refractivity contribution in [1.29, 1.82) is 0 Å². The Morgan fingerprint density at radius 3 is 3.00 bits per heavy atom. The molecule has 1 N–H and O–H groups in total. The predicted octanol–water partition coefficient (Wildman–Crippen LogP) is 3.13. The largest absolute Gasteiger partial charge is 0.508 e. The lowest BCUT2D eigenvalue weighted by Gasteiger charge is -2.22. The third kappa shape index (κ3) is 2.81. The maximum atomic E-state index is 11.7. The number of furan rings is 1. The third-order valence-electron chi connectivity index (χ3n) is 3.47. The SMILES string of the molecule is C[C@@H]1C/C(=N/OC(=O)c2ccco2)c2ccc(O)cc2C1. The number of fused-ring (bicyclic) bond motifs is 1. The maximum Gasteiger partial charge on any atom is 0.400 e. The van der Waals surface area contributed by atoms with Gasteiger partial charge in [0.1, 0.15) is 5.75 Å². The van der Waals surface area contributed by atoms with Crippen molar-refractivity contribution in [3.63, 3.8) is 0 Å². The van der Waals surface area contributed by atoms with Crippen molar-refractivity contribution in [2.75, 3.05) is 0 Å². The molecule has 5 nitrogen and oxygen atoms in total. The van der Waals surface area contributed by atoms with E-state index in [1.54, 1.807) is 24.3 Å². The first kappa shape index (κ1) is 13.4. The van der Waals surface area contributed by atoms with E-state index in [1.807, 2.05) is 0 Å². The van der Waals surface area contributed by atoms with Crippen LogP contribution in [0, 0.1) is 5.92 Å². The fourth-order valence-electron chi connectivity index (χ4n) is 2.54. The molecule has 21 heavy (non-hydrogen) atoms. The minimum absolute atomic E-state index is 0.120. The second-order valence-electron chi connectivity index (χ2n) is 5.25. The molecule has 1 atom stereocenters. The number of aromatic hydroxyl groups is 1. The van der Waals surface area contributed by atoms with E-state index in [2.05, 4.69) is 12.1 Å². The Morgan fingerprint density at radius 2 is 2.24 bits per heavy atom. The summed E-state index contributed by atoms with van der Waals surface area (Å²) in [4.78, 5) is 16.7. The molecule has 0 spiro atoms. The number of hydrogen-bond acceptors (Lipinski definition) is 5. The van der Waals surface area contributed by atoms with Crippen LogP contribution in [0.5, 0.6) is 5.75 Å². The lowest BCUT2D eigenvalue weighted by atomic mass is 9.83. The zero-order chi connectivity index (χ0) is 14.8. The van der Waals surface area contributed by atoms with E-state index in [9.17, 15) is 9.90 Å². The number of phenols is 1. The molecule has 1 aromatic carbocycles. The van der Waals surface area contributed by atoms with Crippen molar-refractivity contribution >= 4 is 11.7 Å². The summed E-state index contributed by atoms with van der Waals surface area (Å²) in [6, 6.07) is 8.28. The second-order valence-corrected chi connectivity index (χ2v) is 5.25. The highest BCUT2D eigenvalue weighted by atomic mass is 16.7. The summed E-state index contributed by atoms with van der Waals surface area (Å²) in [5.74, 6) is 0.107. The van der Waals surface area contributed by atoms with Crippen LogP contribution in [0.4, 0.5) is 0 Å². The molecular formula is C16H15NO4. The number of phenolic OH excluding ortho intramolecular Hbond substituents is 1. The molecule has 0 radical (unpaired) electrons. The van der Waals surface area contributed by atoms with Crippen molar-refractivity contribution in [2.45, 2.75) is 19.8 Å².